The molecule has 0 saturated heterocycles. The largest absolute Gasteiger partial charge is 1.00 e. The number of rotatable bonds is 5. The zero-order chi connectivity index (χ0) is 18.2. The van der Waals surface area contributed by atoms with Crippen LogP contribution >= 0.6 is 0 Å². The molecule has 1 rings (SSSR count). The molecule has 7 heteroatoms. The van der Waals surface area contributed by atoms with Crippen LogP contribution in [0.3, 0.4) is 0 Å². The molecule has 0 bridgehead atoms. The van der Waals surface area contributed by atoms with Crippen LogP contribution in [0.5, 0.6) is 0 Å². The summed E-state index contributed by atoms with van der Waals surface area (Å²) < 4.78 is 4.58. The summed E-state index contributed by atoms with van der Waals surface area (Å²) in [4.78, 5) is 32.3. The number of carbonyl (C=O) groups excluding carboxylic acids is 2. The summed E-state index contributed by atoms with van der Waals surface area (Å²) >= 11 is 0. The molecular formula is C19H22KNaO5. The Morgan fingerprint density at radius 2 is 1.42 bits per heavy atom. The van der Waals surface area contributed by atoms with Crippen LogP contribution in [0.25, 0.3) is 0 Å². The minimum absolute atomic E-state index is 0. The van der Waals surface area contributed by atoms with Gasteiger partial charge in [-0.05, 0) is 26.0 Å². The van der Waals surface area contributed by atoms with Gasteiger partial charge in [-0.15, -0.1) is 0 Å². The topological polar surface area (TPSA) is 80.7 Å². The molecular weight excluding hydrogens is 370 g/mol. The van der Waals surface area contributed by atoms with Gasteiger partial charge in [0.1, 0.15) is 0 Å². The maximum absolute atomic E-state index is 11.4. The molecule has 1 aromatic carbocycles. The van der Waals surface area contributed by atoms with Gasteiger partial charge >= 0.3 is 98.8 Å². The van der Waals surface area contributed by atoms with Crippen molar-refractivity contribution < 1.29 is 108 Å². The number of benzene rings is 1. The van der Waals surface area contributed by atoms with E-state index in [-0.39, 0.29) is 83.8 Å². The van der Waals surface area contributed by atoms with E-state index in [4.69, 9.17) is 5.11 Å². The molecule has 0 radical (unpaired) electrons. The third-order valence-corrected chi connectivity index (χ3v) is 2.28. The monoisotopic (exact) mass is 392 g/mol. The van der Waals surface area contributed by atoms with Crippen molar-refractivity contribution in [2.45, 2.75) is 13.8 Å². The molecule has 0 aliphatic rings. The molecule has 0 heterocycles. The van der Waals surface area contributed by atoms with Crippen molar-refractivity contribution in [1.29, 1.82) is 0 Å². The third-order valence-electron chi connectivity index (χ3n) is 2.28. The van der Waals surface area contributed by atoms with Crippen LogP contribution in [0, 0.1) is 0 Å². The molecule has 0 aromatic heterocycles. The first kappa shape index (κ1) is 30.2. The van der Waals surface area contributed by atoms with Crippen LogP contribution in [0.2, 0.25) is 0 Å². The van der Waals surface area contributed by atoms with Gasteiger partial charge < -0.3 is 12.7 Å². The maximum atomic E-state index is 11.4. The molecule has 0 aliphatic carbocycles. The fourth-order valence-electron chi connectivity index (χ4n) is 1.25. The van der Waals surface area contributed by atoms with Crippen LogP contribution in [0.4, 0.5) is 0 Å². The molecule has 5 nitrogen and oxygen atoms in total. The van der Waals surface area contributed by atoms with Crippen LogP contribution < -0.4 is 80.9 Å². The summed E-state index contributed by atoms with van der Waals surface area (Å²) in [6, 6.07) is 8.37. The van der Waals surface area contributed by atoms with Crippen molar-refractivity contribution in [3.63, 3.8) is 0 Å². The number of hydrogen-bond donors (Lipinski definition) is 1. The molecule has 0 unspecified atom stereocenters. The fraction of sp³-hybridized carbons (Fsp3) is 0.105. The van der Waals surface area contributed by atoms with Gasteiger partial charge in [-0.2, -0.15) is 0 Å². The van der Waals surface area contributed by atoms with E-state index in [9.17, 15) is 14.4 Å². The molecule has 1 N–H and O–H groups in total. The first-order valence-corrected chi connectivity index (χ1v) is 7.14. The van der Waals surface area contributed by atoms with Crippen LogP contribution in [-0.4, -0.2) is 23.0 Å². The van der Waals surface area contributed by atoms with E-state index in [0.717, 1.165) is 6.08 Å². The Hall–Kier alpha value is -0.574. The van der Waals surface area contributed by atoms with Crippen molar-refractivity contribution in [3.05, 3.63) is 84.5 Å². The predicted molar refractivity (Wildman–Crippen MR) is 94.6 cm³/mol. The molecule has 130 valence electrons. The number of carboxylic acid groups (broad SMARTS) is 1. The zero-order valence-electron chi connectivity index (χ0n) is 17.6. The SMILES string of the molecule is C/C=C/C=C/C(=O)O.C/C=C/C=C/C(=O)OC(=O)c1ccccc1.[H-].[H-].[K+].[Na+]. The number of ether oxygens (including phenoxy) is 1. The minimum Gasteiger partial charge on any atom is -1.00 e. The number of carboxylic acids is 1. The molecule has 0 saturated carbocycles. The number of esters is 2. The second-order valence-electron chi connectivity index (χ2n) is 4.18. The van der Waals surface area contributed by atoms with Gasteiger partial charge in [0.25, 0.3) is 0 Å². The minimum atomic E-state index is -0.914. The van der Waals surface area contributed by atoms with Crippen LogP contribution in [-0.2, 0) is 14.3 Å². The number of hydrogen-bond acceptors (Lipinski definition) is 4. The summed E-state index contributed by atoms with van der Waals surface area (Å²) in [6.45, 7) is 3.65. The Labute approximate surface area is 221 Å². The van der Waals surface area contributed by atoms with Gasteiger partial charge in [-0.25, -0.2) is 14.4 Å². The number of aliphatic carboxylic acids is 1. The standard InChI is InChI=1S/C13H12O3.C6H8O2.K.Na.2H/c1-2-3-5-10-12(14)16-13(15)11-8-6-4-7-9-11;1-2-3-4-5-6(7)8;;;;/h2-10H,1H3;2-5H,1H3,(H,7,8);;;;/q;;2*+1;2*-1/b3-2+,10-5+;3-2+,5-4+;;;;. The third kappa shape index (κ3) is 18.2. The van der Waals surface area contributed by atoms with E-state index in [1.165, 1.54) is 18.2 Å². The van der Waals surface area contributed by atoms with Crippen molar-refractivity contribution in [3.8, 4) is 0 Å². The van der Waals surface area contributed by atoms with Gasteiger partial charge in [0.05, 0.1) is 5.56 Å². The zero-order valence-corrected chi connectivity index (χ0v) is 20.7. The molecule has 0 atom stereocenters. The summed E-state index contributed by atoms with van der Waals surface area (Å²) in [7, 11) is 0. The van der Waals surface area contributed by atoms with Crippen LogP contribution in [0.1, 0.15) is 27.1 Å². The average molecular weight is 392 g/mol. The van der Waals surface area contributed by atoms with E-state index in [0.29, 0.717) is 5.56 Å². The van der Waals surface area contributed by atoms with Crippen molar-refractivity contribution in [2.24, 2.45) is 0 Å². The molecule has 26 heavy (non-hydrogen) atoms. The molecule has 0 amide bonds. The van der Waals surface area contributed by atoms with Gasteiger partial charge in [-0.3, -0.25) is 0 Å². The van der Waals surface area contributed by atoms with E-state index >= 15 is 0 Å². The smallest absolute Gasteiger partial charge is 1.00 e. The van der Waals surface area contributed by atoms with E-state index in [1.54, 1.807) is 54.6 Å². The Morgan fingerprint density at radius 3 is 1.88 bits per heavy atom. The summed E-state index contributed by atoms with van der Waals surface area (Å²) in [5.74, 6) is -2.23. The normalized spacial score (nSPS) is 10.1. The summed E-state index contributed by atoms with van der Waals surface area (Å²) in [5, 5.41) is 8.02. The Balaban J connectivity index is -0.000000129. The molecule has 0 fully saturated rings. The second-order valence-corrected chi connectivity index (χ2v) is 4.18. The first-order chi connectivity index (χ1) is 11.5. The Bertz CT molecular complexity index is 660. The van der Waals surface area contributed by atoms with Crippen LogP contribution in [0.15, 0.2) is 78.9 Å². The Kier molecular flexibility index (Phi) is 24.1. The first-order valence-electron chi connectivity index (χ1n) is 7.14. The predicted octanol–water partition coefficient (Wildman–Crippen LogP) is -2.06. The van der Waals surface area contributed by atoms with Crippen molar-refractivity contribution in [2.75, 3.05) is 0 Å². The van der Waals surface area contributed by atoms with Crippen molar-refractivity contribution >= 4 is 17.9 Å². The second kappa shape index (κ2) is 20.7. The van der Waals surface area contributed by atoms with Gasteiger partial charge in [-0.1, -0.05) is 54.7 Å². The van der Waals surface area contributed by atoms with Gasteiger partial charge in [0, 0.05) is 12.2 Å². The maximum Gasteiger partial charge on any atom is 1.00 e. The molecule has 1 aromatic rings. The van der Waals surface area contributed by atoms with Gasteiger partial charge in [0.15, 0.2) is 0 Å². The van der Waals surface area contributed by atoms with Crippen molar-refractivity contribution in [1.82, 2.24) is 0 Å². The van der Waals surface area contributed by atoms with E-state index < -0.39 is 17.9 Å². The van der Waals surface area contributed by atoms with E-state index in [2.05, 4.69) is 4.74 Å². The van der Waals surface area contributed by atoms with E-state index in [1.807, 2.05) is 13.8 Å². The average Bonchev–Trinajstić information content (AvgIpc) is 2.56. The Morgan fingerprint density at radius 1 is 0.923 bits per heavy atom. The fourth-order valence-corrected chi connectivity index (χ4v) is 1.25. The quantitative estimate of drug-likeness (QED) is 0.205. The molecule has 0 aliphatic heterocycles. The van der Waals surface area contributed by atoms with Gasteiger partial charge in [0.2, 0.25) is 0 Å². The number of allylic oxidation sites excluding steroid dienone is 6. The molecule has 0 spiro atoms. The summed E-state index contributed by atoms with van der Waals surface area (Å²) in [5.41, 5.74) is 0.357. The number of carbonyl (C=O) groups is 3. The summed E-state index contributed by atoms with van der Waals surface area (Å²) in [6.07, 6.45) is 12.1.